The first-order valence-electron chi connectivity index (χ1n) is 9.06. The molecular weight excluding hydrogens is 304 g/mol. The predicted octanol–water partition coefficient (Wildman–Crippen LogP) is 2.17. The highest BCUT2D eigenvalue weighted by Gasteiger charge is 2.26. The predicted molar refractivity (Wildman–Crippen MR) is 93.0 cm³/mol. The Bertz CT molecular complexity index is 534. The Hall–Kier alpha value is -1.69. The molecule has 0 aliphatic carbocycles. The van der Waals surface area contributed by atoms with E-state index in [1.807, 2.05) is 24.0 Å². The SMILES string of the molecule is Cc1ccc(N(C)C2CCN(C(=O)CCC3CCCO3)CC2)nn1. The van der Waals surface area contributed by atoms with E-state index < -0.39 is 0 Å². The Labute approximate surface area is 144 Å². The minimum Gasteiger partial charge on any atom is -0.378 e. The van der Waals surface area contributed by atoms with Gasteiger partial charge in [0, 0.05) is 39.2 Å². The second kappa shape index (κ2) is 7.92. The summed E-state index contributed by atoms with van der Waals surface area (Å²) in [5, 5.41) is 8.39. The van der Waals surface area contributed by atoms with Gasteiger partial charge < -0.3 is 14.5 Å². The Morgan fingerprint density at radius 1 is 1.29 bits per heavy atom. The molecule has 1 atom stereocenters. The molecule has 1 aromatic heterocycles. The molecule has 0 aromatic carbocycles. The summed E-state index contributed by atoms with van der Waals surface area (Å²) in [7, 11) is 2.07. The number of carbonyl (C=O) groups is 1. The van der Waals surface area contributed by atoms with Crippen LogP contribution in [0.1, 0.15) is 44.2 Å². The molecule has 0 N–H and O–H groups in total. The van der Waals surface area contributed by atoms with Crippen LogP contribution < -0.4 is 4.90 Å². The number of piperidine rings is 1. The zero-order valence-corrected chi connectivity index (χ0v) is 14.8. The topological polar surface area (TPSA) is 58.6 Å². The fraction of sp³-hybridized carbons (Fsp3) is 0.722. The molecule has 1 amide bonds. The Morgan fingerprint density at radius 3 is 2.71 bits per heavy atom. The fourth-order valence-corrected chi connectivity index (χ4v) is 3.58. The minimum absolute atomic E-state index is 0.279. The van der Waals surface area contributed by atoms with E-state index in [4.69, 9.17) is 4.74 Å². The second-order valence-corrected chi connectivity index (χ2v) is 6.93. The van der Waals surface area contributed by atoms with Crippen LogP contribution in [0.5, 0.6) is 0 Å². The summed E-state index contributed by atoms with van der Waals surface area (Å²) in [6.45, 7) is 4.47. The van der Waals surface area contributed by atoms with Crippen molar-refractivity contribution in [2.75, 3.05) is 31.6 Å². The monoisotopic (exact) mass is 332 g/mol. The van der Waals surface area contributed by atoms with E-state index in [-0.39, 0.29) is 5.91 Å². The van der Waals surface area contributed by atoms with Crippen LogP contribution in [0.2, 0.25) is 0 Å². The number of aromatic nitrogens is 2. The first kappa shape index (κ1) is 17.1. The van der Waals surface area contributed by atoms with Crippen LogP contribution in [-0.2, 0) is 9.53 Å². The number of nitrogens with zero attached hydrogens (tertiary/aromatic N) is 4. The van der Waals surface area contributed by atoms with Crippen LogP contribution >= 0.6 is 0 Å². The van der Waals surface area contributed by atoms with Crippen molar-refractivity contribution in [2.45, 2.75) is 57.6 Å². The van der Waals surface area contributed by atoms with E-state index in [0.717, 1.165) is 63.3 Å². The van der Waals surface area contributed by atoms with E-state index in [0.29, 0.717) is 18.6 Å². The summed E-state index contributed by atoms with van der Waals surface area (Å²) in [6.07, 6.45) is 6.01. The molecule has 2 aliphatic heterocycles. The Kier molecular flexibility index (Phi) is 5.66. The first-order valence-corrected chi connectivity index (χ1v) is 9.06. The Balaban J connectivity index is 1.44. The van der Waals surface area contributed by atoms with Crippen molar-refractivity contribution in [3.8, 4) is 0 Å². The molecule has 0 bridgehead atoms. The largest absolute Gasteiger partial charge is 0.378 e. The second-order valence-electron chi connectivity index (χ2n) is 6.93. The van der Waals surface area contributed by atoms with Gasteiger partial charge in [-0.2, -0.15) is 5.10 Å². The molecule has 0 radical (unpaired) electrons. The third-order valence-electron chi connectivity index (χ3n) is 5.21. The van der Waals surface area contributed by atoms with Crippen LogP contribution in [0.15, 0.2) is 12.1 Å². The van der Waals surface area contributed by atoms with Crippen LogP contribution in [0.4, 0.5) is 5.82 Å². The summed E-state index contributed by atoms with van der Waals surface area (Å²) in [5.41, 5.74) is 0.929. The average molecular weight is 332 g/mol. The maximum absolute atomic E-state index is 12.4. The summed E-state index contributed by atoms with van der Waals surface area (Å²) in [6, 6.07) is 4.42. The molecule has 132 valence electrons. The highest BCUT2D eigenvalue weighted by molar-refractivity contribution is 5.76. The van der Waals surface area contributed by atoms with E-state index in [1.54, 1.807) is 0 Å². The number of aryl methyl sites for hydroxylation is 1. The molecule has 6 heteroatoms. The van der Waals surface area contributed by atoms with Crippen molar-refractivity contribution < 1.29 is 9.53 Å². The molecule has 3 heterocycles. The number of amides is 1. The van der Waals surface area contributed by atoms with Gasteiger partial charge in [-0.1, -0.05) is 0 Å². The number of anilines is 1. The number of carbonyl (C=O) groups excluding carboxylic acids is 1. The number of likely N-dealkylation sites (tertiary alicyclic amines) is 1. The fourth-order valence-electron chi connectivity index (χ4n) is 3.58. The molecule has 1 unspecified atom stereocenters. The molecule has 6 nitrogen and oxygen atoms in total. The van der Waals surface area contributed by atoms with Gasteiger partial charge in [-0.25, -0.2) is 0 Å². The highest BCUT2D eigenvalue weighted by atomic mass is 16.5. The quantitative estimate of drug-likeness (QED) is 0.827. The van der Waals surface area contributed by atoms with E-state index >= 15 is 0 Å². The lowest BCUT2D eigenvalue weighted by Crippen LogP contribution is -2.46. The number of rotatable bonds is 5. The van der Waals surface area contributed by atoms with Crippen LogP contribution in [0.3, 0.4) is 0 Å². The third-order valence-corrected chi connectivity index (χ3v) is 5.21. The lowest BCUT2D eigenvalue weighted by Gasteiger charge is -2.37. The van der Waals surface area contributed by atoms with Gasteiger partial charge in [0.1, 0.15) is 0 Å². The Morgan fingerprint density at radius 2 is 2.08 bits per heavy atom. The van der Waals surface area contributed by atoms with E-state index in [2.05, 4.69) is 22.1 Å². The zero-order chi connectivity index (χ0) is 16.9. The lowest BCUT2D eigenvalue weighted by molar-refractivity contribution is -0.132. The summed E-state index contributed by atoms with van der Waals surface area (Å²) in [5.74, 6) is 1.19. The highest BCUT2D eigenvalue weighted by Crippen LogP contribution is 2.22. The van der Waals surface area contributed by atoms with Crippen molar-refractivity contribution in [1.82, 2.24) is 15.1 Å². The zero-order valence-electron chi connectivity index (χ0n) is 14.8. The minimum atomic E-state index is 0.279. The molecule has 0 saturated carbocycles. The van der Waals surface area contributed by atoms with Gasteiger partial charge in [0.2, 0.25) is 5.91 Å². The molecule has 2 aliphatic rings. The van der Waals surface area contributed by atoms with Crippen molar-refractivity contribution in [2.24, 2.45) is 0 Å². The van der Waals surface area contributed by atoms with Gasteiger partial charge in [0.25, 0.3) is 0 Å². The molecule has 2 saturated heterocycles. The lowest BCUT2D eigenvalue weighted by atomic mass is 10.0. The summed E-state index contributed by atoms with van der Waals surface area (Å²) < 4.78 is 5.61. The van der Waals surface area contributed by atoms with Gasteiger partial charge >= 0.3 is 0 Å². The van der Waals surface area contributed by atoms with Gasteiger partial charge in [-0.15, -0.1) is 5.10 Å². The number of hydrogen-bond acceptors (Lipinski definition) is 5. The number of hydrogen-bond donors (Lipinski definition) is 0. The smallest absolute Gasteiger partial charge is 0.222 e. The molecular formula is C18H28N4O2. The van der Waals surface area contributed by atoms with Crippen molar-refractivity contribution in [3.05, 3.63) is 17.8 Å². The van der Waals surface area contributed by atoms with Gasteiger partial charge in [-0.3, -0.25) is 4.79 Å². The molecule has 24 heavy (non-hydrogen) atoms. The maximum atomic E-state index is 12.4. The van der Waals surface area contributed by atoms with Gasteiger partial charge in [0.15, 0.2) is 5.82 Å². The van der Waals surface area contributed by atoms with Crippen LogP contribution in [0.25, 0.3) is 0 Å². The van der Waals surface area contributed by atoms with Crippen molar-refractivity contribution in [1.29, 1.82) is 0 Å². The van der Waals surface area contributed by atoms with E-state index in [1.165, 1.54) is 0 Å². The normalized spacial score (nSPS) is 21.9. The third kappa shape index (κ3) is 4.23. The van der Waals surface area contributed by atoms with Crippen LogP contribution in [0, 0.1) is 6.92 Å². The van der Waals surface area contributed by atoms with Gasteiger partial charge in [-0.05, 0) is 51.2 Å². The standard InChI is InChI=1S/C18H28N4O2/c1-14-5-7-17(20-19-14)21(2)15-9-11-22(12-10-15)18(23)8-6-16-4-3-13-24-16/h5,7,15-16H,3-4,6,8-13H2,1-2H3. The van der Waals surface area contributed by atoms with Crippen molar-refractivity contribution >= 4 is 11.7 Å². The maximum Gasteiger partial charge on any atom is 0.222 e. The number of ether oxygens (including phenoxy) is 1. The van der Waals surface area contributed by atoms with Gasteiger partial charge in [0.05, 0.1) is 11.8 Å². The molecule has 1 aromatic rings. The van der Waals surface area contributed by atoms with Crippen molar-refractivity contribution in [3.63, 3.8) is 0 Å². The summed E-state index contributed by atoms with van der Waals surface area (Å²) in [4.78, 5) is 16.6. The molecule has 0 spiro atoms. The van der Waals surface area contributed by atoms with Crippen LogP contribution in [-0.4, -0.2) is 59.9 Å². The molecule has 2 fully saturated rings. The average Bonchev–Trinajstić information content (AvgIpc) is 3.13. The molecule has 3 rings (SSSR count). The van der Waals surface area contributed by atoms with E-state index in [9.17, 15) is 4.79 Å². The summed E-state index contributed by atoms with van der Waals surface area (Å²) >= 11 is 0. The first-order chi connectivity index (χ1) is 11.6.